The number of carboxylic acids is 1. The molecule has 0 heterocycles. The summed E-state index contributed by atoms with van der Waals surface area (Å²) in [5.74, 6) is -1.96. The number of rotatable bonds is 4. The number of nitrogens with one attached hydrogen (secondary N) is 1. The predicted molar refractivity (Wildman–Crippen MR) is 79.2 cm³/mol. The first kappa shape index (κ1) is 15.0. The fourth-order valence-electron chi connectivity index (χ4n) is 2.79. The largest absolute Gasteiger partial charge is 0.481 e. The van der Waals surface area contributed by atoms with Crippen LogP contribution in [0.3, 0.4) is 0 Å². The van der Waals surface area contributed by atoms with Crippen molar-refractivity contribution in [1.82, 2.24) is 5.32 Å². The van der Waals surface area contributed by atoms with Crippen molar-refractivity contribution in [3.05, 3.63) is 34.3 Å². The van der Waals surface area contributed by atoms with Gasteiger partial charge in [-0.3, -0.25) is 9.59 Å². The molecular formula is C15H18BrNO3. The first-order valence-corrected chi connectivity index (χ1v) is 7.57. The van der Waals surface area contributed by atoms with Gasteiger partial charge in [0.1, 0.15) is 0 Å². The molecule has 2 rings (SSSR count). The molecule has 5 heteroatoms. The van der Waals surface area contributed by atoms with E-state index in [4.69, 9.17) is 5.11 Å². The van der Waals surface area contributed by atoms with Gasteiger partial charge in [0.05, 0.1) is 17.9 Å². The van der Waals surface area contributed by atoms with Crippen molar-refractivity contribution in [2.75, 3.05) is 0 Å². The van der Waals surface area contributed by atoms with Crippen molar-refractivity contribution in [2.24, 2.45) is 11.8 Å². The highest BCUT2D eigenvalue weighted by Gasteiger charge is 2.38. The second-order valence-electron chi connectivity index (χ2n) is 5.23. The third-order valence-electron chi connectivity index (χ3n) is 3.90. The number of carbonyl (C=O) groups is 2. The van der Waals surface area contributed by atoms with Gasteiger partial charge < -0.3 is 10.4 Å². The van der Waals surface area contributed by atoms with Crippen LogP contribution < -0.4 is 5.32 Å². The lowest BCUT2D eigenvalue weighted by Gasteiger charge is -2.20. The van der Waals surface area contributed by atoms with E-state index in [9.17, 15) is 9.59 Å². The topological polar surface area (TPSA) is 66.4 Å². The zero-order valence-electron chi connectivity index (χ0n) is 11.3. The molecule has 0 saturated heterocycles. The highest BCUT2D eigenvalue weighted by Crippen LogP contribution is 2.33. The van der Waals surface area contributed by atoms with E-state index in [2.05, 4.69) is 21.2 Å². The molecule has 20 heavy (non-hydrogen) atoms. The molecule has 1 aromatic rings. The molecule has 2 N–H and O–H groups in total. The maximum Gasteiger partial charge on any atom is 0.307 e. The Bertz CT molecular complexity index is 518. The van der Waals surface area contributed by atoms with E-state index in [-0.39, 0.29) is 11.9 Å². The fourth-order valence-corrected chi connectivity index (χ4v) is 3.42. The SMILES string of the molecule is C[C@@H](NC(=O)[C@@H]1CCC[C@@H]1C(=O)O)c1ccccc1Br. The minimum Gasteiger partial charge on any atom is -0.481 e. The molecule has 108 valence electrons. The van der Waals surface area contributed by atoms with Gasteiger partial charge in [0.25, 0.3) is 0 Å². The summed E-state index contributed by atoms with van der Waals surface area (Å²) in [6.07, 6.45) is 2.06. The van der Waals surface area contributed by atoms with E-state index in [1.54, 1.807) is 0 Å². The Morgan fingerprint density at radius 1 is 1.30 bits per heavy atom. The number of halogens is 1. The molecule has 0 radical (unpaired) electrons. The van der Waals surface area contributed by atoms with E-state index in [0.29, 0.717) is 12.8 Å². The van der Waals surface area contributed by atoms with Gasteiger partial charge in [-0.05, 0) is 31.4 Å². The summed E-state index contributed by atoms with van der Waals surface area (Å²) >= 11 is 3.46. The molecule has 1 saturated carbocycles. The third kappa shape index (κ3) is 3.20. The standard InChI is InChI=1S/C15H18BrNO3/c1-9(10-5-2-3-8-13(10)16)17-14(18)11-6-4-7-12(11)15(19)20/h2-3,5,8-9,11-12H,4,6-7H2,1H3,(H,17,18)(H,19,20)/t9-,11-,12+/m1/s1. The lowest BCUT2D eigenvalue weighted by molar-refractivity contribution is -0.146. The molecule has 1 aromatic carbocycles. The van der Waals surface area contributed by atoms with E-state index >= 15 is 0 Å². The van der Waals surface area contributed by atoms with Crippen LogP contribution in [0.1, 0.15) is 37.8 Å². The Hall–Kier alpha value is -1.36. The minimum absolute atomic E-state index is 0.145. The zero-order chi connectivity index (χ0) is 14.7. The van der Waals surface area contributed by atoms with E-state index in [1.807, 2.05) is 31.2 Å². The van der Waals surface area contributed by atoms with Crippen LogP contribution in [0.15, 0.2) is 28.7 Å². The van der Waals surface area contributed by atoms with Crippen molar-refractivity contribution < 1.29 is 14.7 Å². The molecule has 1 amide bonds. The van der Waals surface area contributed by atoms with Crippen LogP contribution in [0.4, 0.5) is 0 Å². The lowest BCUT2D eigenvalue weighted by atomic mass is 9.94. The maximum atomic E-state index is 12.3. The molecule has 1 aliphatic rings. The first-order chi connectivity index (χ1) is 9.50. The second-order valence-corrected chi connectivity index (χ2v) is 6.09. The number of carboxylic acid groups (broad SMARTS) is 1. The molecule has 1 aliphatic carbocycles. The van der Waals surface area contributed by atoms with Crippen LogP contribution in [-0.2, 0) is 9.59 Å². The Labute approximate surface area is 126 Å². The number of carbonyl (C=O) groups excluding carboxylic acids is 1. The van der Waals surface area contributed by atoms with Crippen LogP contribution in [-0.4, -0.2) is 17.0 Å². The molecule has 0 bridgehead atoms. The molecule has 1 fully saturated rings. The van der Waals surface area contributed by atoms with Gasteiger partial charge in [0.15, 0.2) is 0 Å². The van der Waals surface area contributed by atoms with Crippen LogP contribution in [0.5, 0.6) is 0 Å². The lowest BCUT2D eigenvalue weighted by Crippen LogP contribution is -2.36. The van der Waals surface area contributed by atoms with E-state index < -0.39 is 17.8 Å². The predicted octanol–water partition coefficient (Wildman–Crippen LogP) is 3.13. The van der Waals surface area contributed by atoms with Crippen molar-refractivity contribution >= 4 is 27.8 Å². The fraction of sp³-hybridized carbons (Fsp3) is 0.467. The van der Waals surface area contributed by atoms with Gasteiger partial charge in [-0.25, -0.2) is 0 Å². The first-order valence-electron chi connectivity index (χ1n) is 6.78. The Balaban J connectivity index is 2.04. The molecular weight excluding hydrogens is 322 g/mol. The second kappa shape index (κ2) is 6.39. The van der Waals surface area contributed by atoms with Gasteiger partial charge >= 0.3 is 5.97 Å². The number of hydrogen-bond donors (Lipinski definition) is 2. The molecule has 0 aliphatic heterocycles. The number of amides is 1. The molecule has 0 spiro atoms. The molecule has 0 aromatic heterocycles. The summed E-state index contributed by atoms with van der Waals surface area (Å²) in [6.45, 7) is 1.91. The van der Waals surface area contributed by atoms with Crippen LogP contribution >= 0.6 is 15.9 Å². The van der Waals surface area contributed by atoms with Crippen molar-refractivity contribution in [3.8, 4) is 0 Å². The highest BCUT2D eigenvalue weighted by atomic mass is 79.9. The van der Waals surface area contributed by atoms with Gasteiger partial charge in [-0.1, -0.05) is 40.5 Å². The maximum absolute atomic E-state index is 12.3. The van der Waals surface area contributed by atoms with Gasteiger partial charge in [0, 0.05) is 4.47 Å². The quantitative estimate of drug-likeness (QED) is 0.885. The summed E-state index contributed by atoms with van der Waals surface area (Å²) in [6, 6.07) is 7.55. The molecule has 3 atom stereocenters. The Kier molecular flexibility index (Phi) is 4.81. The normalized spacial score (nSPS) is 23.3. The number of hydrogen-bond acceptors (Lipinski definition) is 2. The van der Waals surface area contributed by atoms with Gasteiger partial charge in [-0.2, -0.15) is 0 Å². The minimum atomic E-state index is -0.865. The van der Waals surface area contributed by atoms with E-state index in [1.165, 1.54) is 0 Å². The van der Waals surface area contributed by atoms with Crippen LogP contribution in [0.2, 0.25) is 0 Å². The summed E-state index contributed by atoms with van der Waals surface area (Å²) in [5.41, 5.74) is 0.991. The highest BCUT2D eigenvalue weighted by molar-refractivity contribution is 9.10. The Morgan fingerprint density at radius 2 is 1.95 bits per heavy atom. The van der Waals surface area contributed by atoms with Gasteiger partial charge in [-0.15, -0.1) is 0 Å². The zero-order valence-corrected chi connectivity index (χ0v) is 12.9. The monoisotopic (exact) mass is 339 g/mol. The number of aliphatic carboxylic acids is 1. The van der Waals surface area contributed by atoms with E-state index in [0.717, 1.165) is 16.5 Å². The van der Waals surface area contributed by atoms with Crippen molar-refractivity contribution in [3.63, 3.8) is 0 Å². The van der Waals surface area contributed by atoms with Crippen molar-refractivity contribution in [2.45, 2.75) is 32.2 Å². The Morgan fingerprint density at radius 3 is 2.60 bits per heavy atom. The molecule has 0 unspecified atom stereocenters. The van der Waals surface area contributed by atoms with Crippen LogP contribution in [0.25, 0.3) is 0 Å². The summed E-state index contributed by atoms with van der Waals surface area (Å²) < 4.78 is 0.939. The average molecular weight is 340 g/mol. The summed E-state index contributed by atoms with van der Waals surface area (Å²) in [5, 5.41) is 12.1. The third-order valence-corrected chi connectivity index (χ3v) is 4.62. The van der Waals surface area contributed by atoms with Crippen molar-refractivity contribution in [1.29, 1.82) is 0 Å². The summed E-state index contributed by atoms with van der Waals surface area (Å²) in [7, 11) is 0. The molecule has 4 nitrogen and oxygen atoms in total. The number of benzene rings is 1. The average Bonchev–Trinajstić information content (AvgIpc) is 2.88. The van der Waals surface area contributed by atoms with Crippen LogP contribution in [0, 0.1) is 11.8 Å². The summed E-state index contributed by atoms with van der Waals surface area (Å²) in [4.78, 5) is 23.4. The van der Waals surface area contributed by atoms with Gasteiger partial charge in [0.2, 0.25) is 5.91 Å². The smallest absolute Gasteiger partial charge is 0.307 e.